The first-order chi connectivity index (χ1) is 13.0. The zero-order valence-corrected chi connectivity index (χ0v) is 18.5. The number of ether oxygens (including phenoxy) is 1. The van der Waals surface area contributed by atoms with Gasteiger partial charge in [-0.25, -0.2) is 4.99 Å². The van der Waals surface area contributed by atoms with E-state index in [1.807, 2.05) is 50.2 Å². The van der Waals surface area contributed by atoms with Crippen molar-refractivity contribution < 1.29 is 9.26 Å². The van der Waals surface area contributed by atoms with Crippen LogP contribution in [0, 0.1) is 0 Å². The summed E-state index contributed by atoms with van der Waals surface area (Å²) in [6.07, 6.45) is 0.127. The lowest BCUT2D eigenvalue weighted by molar-refractivity contribution is 0.242. The number of hydrogen-bond donors (Lipinski definition) is 2. The van der Waals surface area contributed by atoms with Crippen LogP contribution in [0.2, 0.25) is 5.02 Å². The summed E-state index contributed by atoms with van der Waals surface area (Å²) >= 11 is 5.88. The summed E-state index contributed by atoms with van der Waals surface area (Å²) in [5, 5.41) is 7.59. The molecule has 0 aliphatic carbocycles. The van der Waals surface area contributed by atoms with Crippen LogP contribution < -0.4 is 15.8 Å². The Morgan fingerprint density at radius 1 is 1.18 bits per heavy atom. The van der Waals surface area contributed by atoms with Crippen LogP contribution in [0.5, 0.6) is 5.75 Å². The predicted octanol–water partition coefficient (Wildman–Crippen LogP) is 4.72. The second kappa shape index (κ2) is 10.3. The van der Waals surface area contributed by atoms with Gasteiger partial charge < -0.3 is 20.3 Å². The van der Waals surface area contributed by atoms with Crippen LogP contribution in [0.3, 0.4) is 0 Å². The van der Waals surface area contributed by atoms with E-state index in [1.165, 1.54) is 0 Å². The molecule has 3 aromatic rings. The van der Waals surface area contributed by atoms with E-state index in [0.29, 0.717) is 16.7 Å². The molecule has 0 unspecified atom stereocenters. The van der Waals surface area contributed by atoms with Gasteiger partial charge in [-0.15, -0.1) is 24.0 Å². The first-order valence-electron chi connectivity index (χ1n) is 8.42. The van der Waals surface area contributed by atoms with Crippen LogP contribution in [0.25, 0.3) is 11.4 Å². The van der Waals surface area contributed by atoms with E-state index in [4.69, 9.17) is 26.6 Å². The van der Waals surface area contributed by atoms with E-state index in [2.05, 4.69) is 20.4 Å². The Hall–Kier alpha value is -2.33. The fourth-order valence-electron chi connectivity index (χ4n) is 2.26. The van der Waals surface area contributed by atoms with Crippen LogP contribution in [0.1, 0.15) is 19.7 Å². The molecule has 2 aromatic carbocycles. The molecular formula is C19H21ClIN5O2. The first-order valence-corrected chi connectivity index (χ1v) is 8.79. The van der Waals surface area contributed by atoms with Gasteiger partial charge in [0.1, 0.15) is 12.3 Å². The molecule has 0 atom stereocenters. The summed E-state index contributed by atoms with van der Waals surface area (Å²) in [6, 6.07) is 14.6. The number of halogens is 2. The first kappa shape index (κ1) is 22.0. The van der Waals surface area contributed by atoms with Crippen molar-refractivity contribution in [2.45, 2.75) is 26.5 Å². The van der Waals surface area contributed by atoms with Crippen LogP contribution in [-0.2, 0) is 6.54 Å². The highest BCUT2D eigenvalue weighted by molar-refractivity contribution is 14.0. The summed E-state index contributed by atoms with van der Waals surface area (Å²) in [5.74, 6) is 1.89. The molecular weight excluding hydrogens is 493 g/mol. The molecule has 0 amide bonds. The van der Waals surface area contributed by atoms with E-state index in [9.17, 15) is 0 Å². The third-order valence-electron chi connectivity index (χ3n) is 3.45. The normalized spacial score (nSPS) is 11.2. The van der Waals surface area contributed by atoms with Crippen molar-refractivity contribution in [2.24, 2.45) is 10.7 Å². The molecule has 0 fully saturated rings. The number of aliphatic imine (C=N–C) groups is 1. The predicted molar refractivity (Wildman–Crippen MR) is 121 cm³/mol. The van der Waals surface area contributed by atoms with Crippen molar-refractivity contribution >= 4 is 47.2 Å². The maximum Gasteiger partial charge on any atom is 0.248 e. The Bertz CT molecular complexity index is 911. The smallest absolute Gasteiger partial charge is 0.248 e. The molecule has 0 aliphatic rings. The van der Waals surface area contributed by atoms with Gasteiger partial charge in [0.25, 0.3) is 0 Å². The lowest BCUT2D eigenvalue weighted by Gasteiger charge is -2.10. The zero-order valence-electron chi connectivity index (χ0n) is 15.4. The Morgan fingerprint density at radius 2 is 1.86 bits per heavy atom. The average molecular weight is 514 g/mol. The van der Waals surface area contributed by atoms with Crippen LogP contribution >= 0.6 is 35.6 Å². The SMILES string of the molecule is CC(C)Oc1ccc(NC(N)=NCc2nc(-c3ccc(Cl)cc3)no2)cc1.I. The van der Waals surface area contributed by atoms with E-state index in [1.54, 1.807) is 12.1 Å². The molecule has 1 heterocycles. The molecule has 28 heavy (non-hydrogen) atoms. The molecule has 3 N–H and O–H groups in total. The minimum absolute atomic E-state index is 0. The standard InChI is InChI=1S/C19H20ClN5O2.HI/c1-12(2)26-16-9-7-15(8-10-16)23-19(21)22-11-17-24-18(25-27-17)13-3-5-14(20)6-4-13;/h3-10,12H,11H2,1-2H3,(H3,21,22,23);1H. The second-order valence-electron chi connectivity index (χ2n) is 6.04. The lowest BCUT2D eigenvalue weighted by atomic mass is 10.2. The third-order valence-corrected chi connectivity index (χ3v) is 3.71. The van der Waals surface area contributed by atoms with E-state index < -0.39 is 0 Å². The van der Waals surface area contributed by atoms with Gasteiger partial charge in [-0.2, -0.15) is 4.98 Å². The highest BCUT2D eigenvalue weighted by atomic mass is 127. The third kappa shape index (κ3) is 6.38. The van der Waals surface area contributed by atoms with E-state index >= 15 is 0 Å². The molecule has 0 bridgehead atoms. The number of nitrogens with one attached hydrogen (secondary N) is 1. The number of guanidine groups is 1. The van der Waals surface area contributed by atoms with Crippen LogP contribution in [0.4, 0.5) is 5.69 Å². The number of nitrogens with zero attached hydrogens (tertiary/aromatic N) is 3. The van der Waals surface area contributed by atoms with Crippen molar-refractivity contribution in [1.29, 1.82) is 0 Å². The van der Waals surface area contributed by atoms with Crippen molar-refractivity contribution in [3.05, 3.63) is 59.4 Å². The molecule has 0 saturated carbocycles. The molecule has 0 aliphatic heterocycles. The number of rotatable bonds is 6. The van der Waals surface area contributed by atoms with Gasteiger partial charge in [-0.05, 0) is 62.4 Å². The average Bonchev–Trinajstić information content (AvgIpc) is 3.11. The second-order valence-corrected chi connectivity index (χ2v) is 6.47. The Labute approximate surface area is 185 Å². The molecule has 1 aromatic heterocycles. The van der Waals surface area contributed by atoms with Gasteiger partial charge in [0.15, 0.2) is 5.96 Å². The number of benzene rings is 2. The summed E-state index contributed by atoms with van der Waals surface area (Å²) in [4.78, 5) is 8.52. The number of nitrogens with two attached hydrogens (primary N) is 1. The van der Waals surface area contributed by atoms with Crippen molar-refractivity contribution in [3.8, 4) is 17.1 Å². The monoisotopic (exact) mass is 513 g/mol. The number of hydrogen-bond acceptors (Lipinski definition) is 5. The maximum atomic E-state index is 5.91. The largest absolute Gasteiger partial charge is 0.491 e. The number of aromatic nitrogens is 2. The minimum atomic E-state index is 0. The summed E-state index contributed by atoms with van der Waals surface area (Å²) in [7, 11) is 0. The molecule has 3 rings (SSSR count). The summed E-state index contributed by atoms with van der Waals surface area (Å²) in [5.41, 5.74) is 7.53. The van der Waals surface area contributed by atoms with Gasteiger partial charge >= 0.3 is 0 Å². The molecule has 0 spiro atoms. The quantitative estimate of drug-likeness (QED) is 0.281. The highest BCUT2D eigenvalue weighted by Gasteiger charge is 2.08. The fourth-order valence-corrected chi connectivity index (χ4v) is 2.39. The van der Waals surface area contributed by atoms with Gasteiger partial charge in [0, 0.05) is 16.3 Å². The molecule has 0 radical (unpaired) electrons. The topological polar surface area (TPSA) is 98.6 Å². The van der Waals surface area contributed by atoms with Crippen molar-refractivity contribution in [3.63, 3.8) is 0 Å². The Kier molecular flexibility index (Phi) is 8.06. The van der Waals surface area contributed by atoms with Gasteiger partial charge in [-0.3, -0.25) is 0 Å². The van der Waals surface area contributed by atoms with Gasteiger partial charge in [0.05, 0.1) is 6.10 Å². The van der Waals surface area contributed by atoms with Gasteiger partial charge in [0.2, 0.25) is 11.7 Å². The minimum Gasteiger partial charge on any atom is -0.491 e. The molecule has 9 heteroatoms. The highest BCUT2D eigenvalue weighted by Crippen LogP contribution is 2.19. The van der Waals surface area contributed by atoms with Crippen molar-refractivity contribution in [2.75, 3.05) is 5.32 Å². The lowest BCUT2D eigenvalue weighted by Crippen LogP contribution is -2.22. The Balaban J connectivity index is 0.00000280. The molecule has 0 saturated heterocycles. The van der Waals surface area contributed by atoms with Crippen LogP contribution in [0.15, 0.2) is 58.0 Å². The van der Waals surface area contributed by atoms with Gasteiger partial charge in [-0.1, -0.05) is 16.8 Å². The van der Waals surface area contributed by atoms with E-state index in [0.717, 1.165) is 17.0 Å². The van der Waals surface area contributed by atoms with E-state index in [-0.39, 0.29) is 42.6 Å². The summed E-state index contributed by atoms with van der Waals surface area (Å²) in [6.45, 7) is 4.13. The number of anilines is 1. The molecule has 7 nitrogen and oxygen atoms in total. The van der Waals surface area contributed by atoms with Crippen molar-refractivity contribution in [1.82, 2.24) is 10.1 Å². The summed E-state index contributed by atoms with van der Waals surface area (Å²) < 4.78 is 10.8. The maximum absolute atomic E-state index is 5.91. The molecule has 148 valence electrons. The van der Waals surface area contributed by atoms with Crippen LogP contribution in [-0.4, -0.2) is 22.2 Å². The fraction of sp³-hybridized carbons (Fsp3) is 0.211. The Morgan fingerprint density at radius 3 is 2.50 bits per heavy atom. The zero-order chi connectivity index (χ0) is 19.2.